The molecule has 0 heterocycles. The molecule has 4 nitrogen and oxygen atoms in total. The van der Waals surface area contributed by atoms with E-state index in [1.807, 2.05) is 13.0 Å². The fourth-order valence-electron chi connectivity index (χ4n) is 1.94. The van der Waals surface area contributed by atoms with Crippen LogP contribution in [-0.4, -0.2) is 22.8 Å². The van der Waals surface area contributed by atoms with Gasteiger partial charge >= 0.3 is 5.97 Å². The quantitative estimate of drug-likeness (QED) is 0.363. The van der Waals surface area contributed by atoms with Gasteiger partial charge in [-0.05, 0) is 50.8 Å². The molecule has 1 rings (SSSR count). The lowest BCUT2D eigenvalue weighted by Gasteiger charge is -2.07. The average Bonchev–Trinajstić information content (AvgIpc) is 2.37. The largest absolute Gasteiger partial charge is 0.508 e. The van der Waals surface area contributed by atoms with Crippen molar-refractivity contribution in [3.8, 4) is 11.5 Å². The van der Waals surface area contributed by atoms with E-state index in [1.54, 1.807) is 13.0 Å². The molecule has 0 amide bonds. The molecule has 0 aliphatic heterocycles. The smallest absolute Gasteiger partial charge is 0.302 e. The van der Waals surface area contributed by atoms with E-state index in [2.05, 4.69) is 0 Å². The number of aromatic hydroxyl groups is 2. The topological polar surface area (TPSA) is 66.8 Å². The van der Waals surface area contributed by atoms with Crippen LogP contribution < -0.4 is 0 Å². The van der Waals surface area contributed by atoms with Crippen LogP contribution in [0.1, 0.15) is 37.8 Å². The molecule has 0 spiro atoms. The summed E-state index contributed by atoms with van der Waals surface area (Å²) in [7, 11) is 0. The fraction of sp³-hybridized carbons (Fsp3) is 0.438. The lowest BCUT2D eigenvalue weighted by molar-refractivity contribution is -0.141. The molecular formula is C16H22O4. The van der Waals surface area contributed by atoms with Crippen molar-refractivity contribution in [2.24, 2.45) is 0 Å². The second kappa shape index (κ2) is 7.58. The maximum atomic E-state index is 10.6. The van der Waals surface area contributed by atoms with E-state index in [9.17, 15) is 15.0 Å². The summed E-state index contributed by atoms with van der Waals surface area (Å²) in [6.07, 6.45) is 4.21. The number of hydrogen-bond acceptors (Lipinski definition) is 4. The van der Waals surface area contributed by atoms with Crippen molar-refractivity contribution in [3.05, 3.63) is 34.9 Å². The maximum absolute atomic E-state index is 10.6. The highest BCUT2D eigenvalue weighted by Crippen LogP contribution is 2.28. The Labute approximate surface area is 119 Å². The average molecular weight is 278 g/mol. The van der Waals surface area contributed by atoms with Gasteiger partial charge in [-0.2, -0.15) is 0 Å². The fourth-order valence-corrected chi connectivity index (χ4v) is 1.94. The molecular weight excluding hydrogens is 256 g/mol. The number of rotatable bonds is 6. The molecule has 20 heavy (non-hydrogen) atoms. The van der Waals surface area contributed by atoms with Crippen LogP contribution in [0, 0.1) is 6.92 Å². The van der Waals surface area contributed by atoms with E-state index in [0.29, 0.717) is 24.2 Å². The number of allylic oxidation sites excluding steroid dienone is 2. The molecule has 1 aromatic rings. The van der Waals surface area contributed by atoms with Crippen LogP contribution in [0.2, 0.25) is 0 Å². The summed E-state index contributed by atoms with van der Waals surface area (Å²) < 4.78 is 4.87. The van der Waals surface area contributed by atoms with Crippen molar-refractivity contribution >= 4 is 5.97 Å². The van der Waals surface area contributed by atoms with Crippen molar-refractivity contribution < 1.29 is 19.7 Å². The zero-order valence-corrected chi connectivity index (χ0v) is 12.3. The van der Waals surface area contributed by atoms with Gasteiger partial charge in [-0.25, -0.2) is 0 Å². The minimum Gasteiger partial charge on any atom is -0.508 e. The zero-order valence-electron chi connectivity index (χ0n) is 12.3. The molecule has 0 atom stereocenters. The molecule has 2 N–H and O–H groups in total. The molecule has 0 bridgehead atoms. The summed E-state index contributed by atoms with van der Waals surface area (Å²) in [5.41, 5.74) is 2.54. The van der Waals surface area contributed by atoms with Crippen LogP contribution in [0.15, 0.2) is 23.8 Å². The molecule has 0 unspecified atom stereocenters. The molecule has 1 aromatic carbocycles. The Morgan fingerprint density at radius 2 is 2.00 bits per heavy atom. The minimum atomic E-state index is -0.258. The van der Waals surface area contributed by atoms with E-state index in [1.165, 1.54) is 13.0 Å². The van der Waals surface area contributed by atoms with Crippen molar-refractivity contribution in [3.63, 3.8) is 0 Å². The number of phenolic OH excluding ortho intramolecular Hbond substituents is 2. The first-order valence-corrected chi connectivity index (χ1v) is 6.70. The first kappa shape index (κ1) is 16.1. The molecule has 0 saturated heterocycles. The van der Waals surface area contributed by atoms with Gasteiger partial charge in [-0.15, -0.1) is 0 Å². The van der Waals surface area contributed by atoms with Crippen LogP contribution in [0.5, 0.6) is 11.5 Å². The Morgan fingerprint density at radius 3 is 2.65 bits per heavy atom. The lowest BCUT2D eigenvalue weighted by atomic mass is 10.0. The van der Waals surface area contributed by atoms with Gasteiger partial charge < -0.3 is 14.9 Å². The Bertz CT molecular complexity index is 503. The van der Waals surface area contributed by atoms with Crippen LogP contribution in [0.25, 0.3) is 0 Å². The third-order valence-electron chi connectivity index (χ3n) is 3.06. The van der Waals surface area contributed by atoms with Gasteiger partial charge in [0, 0.05) is 12.5 Å². The highest BCUT2D eigenvalue weighted by molar-refractivity contribution is 5.65. The predicted molar refractivity (Wildman–Crippen MR) is 77.8 cm³/mol. The van der Waals surface area contributed by atoms with E-state index >= 15 is 0 Å². The van der Waals surface area contributed by atoms with Gasteiger partial charge in [0.2, 0.25) is 0 Å². The summed E-state index contributed by atoms with van der Waals surface area (Å²) in [5.74, 6) is 0.134. The van der Waals surface area contributed by atoms with Crippen LogP contribution >= 0.6 is 0 Å². The standard InChI is InChI=1S/C16H22O4/c1-11(5-4-8-20-13(3)17)6-7-14-10-15(18)9-12(2)16(14)19/h6,9-10,18-19H,4-5,7-8H2,1-3H3/b11-6+. The van der Waals surface area contributed by atoms with Gasteiger partial charge in [0.15, 0.2) is 0 Å². The first-order chi connectivity index (χ1) is 9.40. The predicted octanol–water partition coefficient (Wildman–Crippen LogP) is 3.24. The van der Waals surface area contributed by atoms with Crippen molar-refractivity contribution in [2.45, 2.75) is 40.0 Å². The van der Waals surface area contributed by atoms with Gasteiger partial charge in [0.25, 0.3) is 0 Å². The van der Waals surface area contributed by atoms with Gasteiger partial charge in [-0.3, -0.25) is 4.79 Å². The number of ether oxygens (including phenoxy) is 1. The van der Waals surface area contributed by atoms with Crippen LogP contribution in [-0.2, 0) is 16.0 Å². The molecule has 0 aliphatic rings. The Balaban J connectivity index is 2.52. The monoisotopic (exact) mass is 278 g/mol. The second-order valence-corrected chi connectivity index (χ2v) is 4.97. The highest BCUT2D eigenvalue weighted by atomic mass is 16.5. The molecule has 0 radical (unpaired) electrons. The summed E-state index contributed by atoms with van der Waals surface area (Å²) in [6.45, 7) is 5.58. The molecule has 0 saturated carbocycles. The molecule has 0 aromatic heterocycles. The number of benzene rings is 1. The second-order valence-electron chi connectivity index (χ2n) is 4.97. The number of hydrogen-bond donors (Lipinski definition) is 2. The third-order valence-corrected chi connectivity index (χ3v) is 3.06. The molecule has 4 heteroatoms. The van der Waals surface area contributed by atoms with Crippen LogP contribution in [0.3, 0.4) is 0 Å². The maximum Gasteiger partial charge on any atom is 0.302 e. The minimum absolute atomic E-state index is 0.163. The summed E-state index contributed by atoms with van der Waals surface area (Å²) >= 11 is 0. The zero-order chi connectivity index (χ0) is 15.1. The molecule has 0 aliphatic carbocycles. The number of carbonyl (C=O) groups excluding carboxylic acids is 1. The summed E-state index contributed by atoms with van der Waals surface area (Å²) in [6, 6.07) is 3.11. The van der Waals surface area contributed by atoms with Crippen molar-refractivity contribution in [1.29, 1.82) is 0 Å². The van der Waals surface area contributed by atoms with Crippen molar-refractivity contribution in [1.82, 2.24) is 0 Å². The molecule has 110 valence electrons. The van der Waals surface area contributed by atoms with Gasteiger partial charge in [0.05, 0.1) is 6.61 Å². The highest BCUT2D eigenvalue weighted by Gasteiger charge is 2.05. The third kappa shape index (κ3) is 5.34. The Hall–Kier alpha value is -1.97. The van der Waals surface area contributed by atoms with Gasteiger partial charge in [-0.1, -0.05) is 11.6 Å². The Kier molecular flexibility index (Phi) is 6.10. The lowest BCUT2D eigenvalue weighted by Crippen LogP contribution is -2.00. The first-order valence-electron chi connectivity index (χ1n) is 6.70. The summed E-state index contributed by atoms with van der Waals surface area (Å²) in [5, 5.41) is 19.4. The van der Waals surface area contributed by atoms with E-state index in [-0.39, 0.29) is 17.5 Å². The number of esters is 1. The SMILES string of the molecule is CC(=O)OCCC/C(C)=C/Cc1cc(O)cc(C)c1O. The van der Waals surface area contributed by atoms with Crippen molar-refractivity contribution in [2.75, 3.05) is 6.61 Å². The Morgan fingerprint density at radius 1 is 1.30 bits per heavy atom. The van der Waals surface area contributed by atoms with Crippen LogP contribution in [0.4, 0.5) is 0 Å². The normalized spacial score (nSPS) is 11.4. The number of phenols is 2. The number of carbonyl (C=O) groups is 1. The number of aryl methyl sites for hydroxylation is 1. The van der Waals surface area contributed by atoms with E-state index < -0.39 is 0 Å². The van der Waals surface area contributed by atoms with E-state index in [4.69, 9.17) is 4.74 Å². The van der Waals surface area contributed by atoms with Gasteiger partial charge in [0.1, 0.15) is 11.5 Å². The van der Waals surface area contributed by atoms with E-state index in [0.717, 1.165) is 18.4 Å². The summed E-state index contributed by atoms with van der Waals surface area (Å²) in [4.78, 5) is 10.6. The molecule has 0 fully saturated rings.